The average molecular weight is 343 g/mol. The van der Waals surface area contributed by atoms with Crippen LogP contribution in [0.4, 0.5) is 0 Å². The van der Waals surface area contributed by atoms with E-state index < -0.39 is 0 Å². The van der Waals surface area contributed by atoms with Gasteiger partial charge in [0.25, 0.3) is 11.8 Å². The van der Waals surface area contributed by atoms with Crippen LogP contribution in [-0.2, 0) is 0 Å². The number of amides is 2. The Morgan fingerprint density at radius 1 is 0.960 bits per heavy atom. The minimum atomic E-state index is -0.276. The highest BCUT2D eigenvalue weighted by Gasteiger charge is 2.36. The van der Waals surface area contributed by atoms with E-state index in [1.165, 1.54) is 19.3 Å². The maximum absolute atomic E-state index is 12.6. The highest BCUT2D eigenvalue weighted by molar-refractivity contribution is 5.98. The fourth-order valence-electron chi connectivity index (χ4n) is 3.85. The van der Waals surface area contributed by atoms with Gasteiger partial charge in [-0.25, -0.2) is 0 Å². The Labute approximate surface area is 150 Å². The van der Waals surface area contributed by atoms with Crippen LogP contribution in [0.5, 0.6) is 0 Å². The summed E-state index contributed by atoms with van der Waals surface area (Å²) in [6, 6.07) is 7.65. The topological polar surface area (TPSA) is 61.4 Å². The molecule has 5 nitrogen and oxygen atoms in total. The van der Waals surface area contributed by atoms with Crippen LogP contribution in [0.15, 0.2) is 24.3 Å². The molecule has 2 fully saturated rings. The number of carbonyl (C=O) groups is 2. The molecule has 0 aliphatic carbocycles. The van der Waals surface area contributed by atoms with E-state index in [2.05, 4.69) is 15.5 Å². The molecule has 2 saturated heterocycles. The van der Waals surface area contributed by atoms with Gasteiger partial charge in [0, 0.05) is 35.3 Å². The van der Waals surface area contributed by atoms with Crippen LogP contribution in [0.25, 0.3) is 0 Å². The lowest BCUT2D eigenvalue weighted by atomic mass is 9.98. The lowest BCUT2D eigenvalue weighted by molar-refractivity contribution is 0.0904. The SMILES string of the molecule is CC(C)(C)NC(=O)c1ccc(C(=O)NC2CCN3CCCCC23)cc1. The smallest absolute Gasteiger partial charge is 0.251 e. The van der Waals surface area contributed by atoms with E-state index in [1.54, 1.807) is 24.3 Å². The Bertz CT molecular complexity index is 633. The maximum atomic E-state index is 12.6. The van der Waals surface area contributed by atoms with Crippen LogP contribution < -0.4 is 10.6 Å². The van der Waals surface area contributed by atoms with E-state index in [0.29, 0.717) is 17.2 Å². The van der Waals surface area contributed by atoms with Crippen molar-refractivity contribution in [2.45, 2.75) is 64.1 Å². The van der Waals surface area contributed by atoms with Gasteiger partial charge in [0.15, 0.2) is 0 Å². The summed E-state index contributed by atoms with van der Waals surface area (Å²) in [7, 11) is 0. The van der Waals surface area contributed by atoms with E-state index >= 15 is 0 Å². The standard InChI is InChI=1S/C20H29N3O2/c1-20(2,3)22-19(25)15-9-7-14(8-10-15)18(24)21-16-11-13-23-12-5-4-6-17(16)23/h7-10,16-17H,4-6,11-13H2,1-3H3,(H,21,24)(H,22,25). The Hall–Kier alpha value is -1.88. The molecule has 2 aliphatic rings. The van der Waals surface area contributed by atoms with Crippen molar-refractivity contribution in [2.75, 3.05) is 13.1 Å². The van der Waals surface area contributed by atoms with Gasteiger partial charge in [0.1, 0.15) is 0 Å². The van der Waals surface area contributed by atoms with E-state index in [9.17, 15) is 9.59 Å². The van der Waals surface area contributed by atoms with Gasteiger partial charge in [-0.3, -0.25) is 14.5 Å². The zero-order chi connectivity index (χ0) is 18.0. The number of hydrogen-bond acceptors (Lipinski definition) is 3. The molecule has 2 heterocycles. The van der Waals surface area contributed by atoms with Gasteiger partial charge < -0.3 is 10.6 Å². The molecular formula is C20H29N3O2. The minimum absolute atomic E-state index is 0.0415. The number of carbonyl (C=O) groups excluding carboxylic acids is 2. The van der Waals surface area contributed by atoms with Crippen molar-refractivity contribution >= 4 is 11.8 Å². The molecule has 5 heteroatoms. The molecule has 2 amide bonds. The largest absolute Gasteiger partial charge is 0.348 e. The third kappa shape index (κ3) is 4.40. The van der Waals surface area contributed by atoms with Gasteiger partial charge in [-0.1, -0.05) is 6.42 Å². The molecular weight excluding hydrogens is 314 g/mol. The quantitative estimate of drug-likeness (QED) is 0.887. The van der Waals surface area contributed by atoms with Crippen molar-refractivity contribution in [3.63, 3.8) is 0 Å². The number of rotatable bonds is 3. The second-order valence-electron chi connectivity index (χ2n) is 8.25. The fraction of sp³-hybridized carbons (Fsp3) is 0.600. The van der Waals surface area contributed by atoms with Gasteiger partial charge in [0.2, 0.25) is 0 Å². The second kappa shape index (κ2) is 7.16. The van der Waals surface area contributed by atoms with Crippen LogP contribution in [0.2, 0.25) is 0 Å². The van der Waals surface area contributed by atoms with E-state index in [-0.39, 0.29) is 23.4 Å². The summed E-state index contributed by atoms with van der Waals surface area (Å²) in [4.78, 5) is 27.2. The molecule has 3 rings (SSSR count). The van der Waals surface area contributed by atoms with Crippen molar-refractivity contribution in [3.8, 4) is 0 Å². The summed E-state index contributed by atoms with van der Waals surface area (Å²) >= 11 is 0. The van der Waals surface area contributed by atoms with Crippen molar-refractivity contribution in [2.24, 2.45) is 0 Å². The molecule has 2 atom stereocenters. The molecule has 0 saturated carbocycles. The number of fused-ring (bicyclic) bond motifs is 1. The highest BCUT2D eigenvalue weighted by atomic mass is 16.2. The maximum Gasteiger partial charge on any atom is 0.251 e. The van der Waals surface area contributed by atoms with E-state index in [4.69, 9.17) is 0 Å². The van der Waals surface area contributed by atoms with Crippen LogP contribution in [-0.4, -0.2) is 47.4 Å². The zero-order valence-corrected chi connectivity index (χ0v) is 15.5. The zero-order valence-electron chi connectivity index (χ0n) is 15.5. The van der Waals surface area contributed by atoms with Crippen molar-refractivity contribution in [3.05, 3.63) is 35.4 Å². The second-order valence-corrected chi connectivity index (χ2v) is 8.25. The van der Waals surface area contributed by atoms with Gasteiger partial charge in [0.05, 0.1) is 0 Å². The molecule has 1 aromatic rings. The summed E-state index contributed by atoms with van der Waals surface area (Å²) < 4.78 is 0. The Morgan fingerprint density at radius 3 is 2.24 bits per heavy atom. The number of nitrogens with zero attached hydrogens (tertiary/aromatic N) is 1. The predicted molar refractivity (Wildman–Crippen MR) is 98.7 cm³/mol. The fourth-order valence-corrected chi connectivity index (χ4v) is 3.85. The van der Waals surface area contributed by atoms with Gasteiger partial charge in [-0.2, -0.15) is 0 Å². The summed E-state index contributed by atoms with van der Waals surface area (Å²) in [6.07, 6.45) is 4.74. The van der Waals surface area contributed by atoms with Crippen LogP contribution >= 0.6 is 0 Å². The summed E-state index contributed by atoms with van der Waals surface area (Å²) in [5, 5.41) is 6.13. The highest BCUT2D eigenvalue weighted by Crippen LogP contribution is 2.27. The molecule has 1 aromatic carbocycles. The first-order valence-electron chi connectivity index (χ1n) is 9.31. The van der Waals surface area contributed by atoms with E-state index in [0.717, 1.165) is 19.5 Å². The molecule has 0 bridgehead atoms. The van der Waals surface area contributed by atoms with Gasteiger partial charge >= 0.3 is 0 Å². The number of piperidine rings is 1. The van der Waals surface area contributed by atoms with Crippen LogP contribution in [0, 0.1) is 0 Å². The van der Waals surface area contributed by atoms with Crippen molar-refractivity contribution < 1.29 is 9.59 Å². The van der Waals surface area contributed by atoms with Crippen molar-refractivity contribution in [1.82, 2.24) is 15.5 Å². The molecule has 2 aliphatic heterocycles. The monoisotopic (exact) mass is 343 g/mol. The van der Waals surface area contributed by atoms with Crippen LogP contribution in [0.1, 0.15) is 67.2 Å². The summed E-state index contributed by atoms with van der Waals surface area (Å²) in [5.41, 5.74) is 0.911. The predicted octanol–water partition coefficient (Wildman–Crippen LogP) is 2.57. The summed E-state index contributed by atoms with van der Waals surface area (Å²) in [6.45, 7) is 8.09. The number of benzene rings is 1. The lowest BCUT2D eigenvalue weighted by Crippen LogP contribution is -2.46. The number of nitrogens with one attached hydrogen (secondary N) is 2. The molecule has 0 aromatic heterocycles. The molecule has 2 N–H and O–H groups in total. The van der Waals surface area contributed by atoms with Gasteiger partial charge in [-0.05, 0) is 70.8 Å². The van der Waals surface area contributed by atoms with Crippen LogP contribution in [0.3, 0.4) is 0 Å². The molecule has 0 radical (unpaired) electrons. The Kier molecular flexibility index (Phi) is 5.13. The lowest BCUT2D eigenvalue weighted by Gasteiger charge is -2.32. The first-order valence-corrected chi connectivity index (χ1v) is 9.31. The third-order valence-corrected chi connectivity index (χ3v) is 5.07. The van der Waals surface area contributed by atoms with Crippen molar-refractivity contribution in [1.29, 1.82) is 0 Å². The number of hydrogen-bond donors (Lipinski definition) is 2. The minimum Gasteiger partial charge on any atom is -0.348 e. The first kappa shape index (κ1) is 17.9. The molecule has 136 valence electrons. The molecule has 2 unspecified atom stereocenters. The third-order valence-electron chi connectivity index (χ3n) is 5.07. The van der Waals surface area contributed by atoms with Gasteiger partial charge in [-0.15, -0.1) is 0 Å². The average Bonchev–Trinajstić information content (AvgIpc) is 2.96. The van der Waals surface area contributed by atoms with E-state index in [1.807, 2.05) is 20.8 Å². The molecule has 25 heavy (non-hydrogen) atoms. The Balaban J connectivity index is 1.60. The first-order chi connectivity index (χ1) is 11.8. The summed E-state index contributed by atoms with van der Waals surface area (Å²) in [5.74, 6) is -0.159. The normalized spacial score (nSPS) is 23.8. The Morgan fingerprint density at radius 2 is 1.60 bits per heavy atom. The molecule has 0 spiro atoms.